The van der Waals surface area contributed by atoms with Gasteiger partial charge < -0.3 is 15.1 Å². The Morgan fingerprint density at radius 1 is 1.23 bits per heavy atom. The van der Waals surface area contributed by atoms with Crippen molar-refractivity contribution in [2.24, 2.45) is 0 Å². The molecule has 1 fully saturated rings. The van der Waals surface area contributed by atoms with Crippen LogP contribution in [-0.4, -0.2) is 34.0 Å². The number of nitrogens with one attached hydrogen (secondary N) is 2. The van der Waals surface area contributed by atoms with Crippen molar-refractivity contribution in [1.82, 2.24) is 20.3 Å². The zero-order valence-electron chi connectivity index (χ0n) is 13.8. The van der Waals surface area contributed by atoms with Crippen LogP contribution < -0.4 is 16.3 Å². The van der Waals surface area contributed by atoms with Crippen molar-refractivity contribution in [3.8, 4) is 0 Å². The Morgan fingerprint density at radius 3 is 2.85 bits per heavy atom. The Hall–Kier alpha value is -2.71. The smallest absolute Gasteiger partial charge is 0.336 e. The highest BCUT2D eigenvalue weighted by Crippen LogP contribution is 2.19. The first kappa shape index (κ1) is 18.1. The lowest BCUT2D eigenvalue weighted by Gasteiger charge is -2.22. The average Bonchev–Trinajstić information content (AvgIpc) is 3.13. The molecule has 1 aliphatic rings. The van der Waals surface area contributed by atoms with Gasteiger partial charge in [-0.15, -0.1) is 17.5 Å². The van der Waals surface area contributed by atoms with Gasteiger partial charge in [-0.1, -0.05) is 5.21 Å². The molecular formula is C17H18ClN5O3. The first-order valence-electron chi connectivity index (χ1n) is 8.17. The summed E-state index contributed by atoms with van der Waals surface area (Å²) in [5.74, 6) is -0.322. The van der Waals surface area contributed by atoms with E-state index in [2.05, 4.69) is 20.9 Å². The lowest BCUT2D eigenvalue weighted by Crippen LogP contribution is -2.29. The number of anilines is 1. The van der Waals surface area contributed by atoms with Gasteiger partial charge in [0.1, 0.15) is 5.58 Å². The molecule has 4 rings (SSSR count). The molecule has 0 radical (unpaired) electrons. The van der Waals surface area contributed by atoms with Crippen LogP contribution in [0.25, 0.3) is 11.0 Å². The van der Waals surface area contributed by atoms with Crippen molar-refractivity contribution in [1.29, 1.82) is 0 Å². The zero-order chi connectivity index (χ0) is 17.2. The molecule has 1 aromatic carbocycles. The molecule has 9 heteroatoms. The predicted octanol–water partition coefficient (Wildman–Crippen LogP) is 1.98. The molecule has 0 atom stereocenters. The van der Waals surface area contributed by atoms with Crippen molar-refractivity contribution < 1.29 is 9.21 Å². The zero-order valence-corrected chi connectivity index (χ0v) is 14.7. The number of carbonyl (C=O) groups excluding carboxylic acids is 1. The van der Waals surface area contributed by atoms with Crippen molar-refractivity contribution >= 4 is 35.0 Å². The third-order valence-electron chi connectivity index (χ3n) is 4.30. The third kappa shape index (κ3) is 3.76. The maximum Gasteiger partial charge on any atom is 0.336 e. The van der Waals surface area contributed by atoms with E-state index in [0.29, 0.717) is 11.3 Å². The largest absolute Gasteiger partial charge is 0.423 e. The molecule has 136 valence electrons. The van der Waals surface area contributed by atoms with Gasteiger partial charge in [0.15, 0.2) is 5.69 Å². The Balaban J connectivity index is 0.00000196. The normalized spacial score (nSPS) is 14.8. The summed E-state index contributed by atoms with van der Waals surface area (Å²) in [6, 6.07) is 8.35. The number of hydrogen-bond donors (Lipinski definition) is 2. The van der Waals surface area contributed by atoms with Crippen LogP contribution in [0, 0.1) is 0 Å². The lowest BCUT2D eigenvalue weighted by atomic mass is 10.1. The van der Waals surface area contributed by atoms with Crippen LogP contribution in [0.2, 0.25) is 0 Å². The minimum absolute atomic E-state index is 0. The van der Waals surface area contributed by atoms with E-state index in [1.54, 1.807) is 35.1 Å². The summed E-state index contributed by atoms with van der Waals surface area (Å²) in [5.41, 5.74) is 0.946. The topological polar surface area (TPSA) is 102 Å². The first-order valence-corrected chi connectivity index (χ1v) is 8.17. The van der Waals surface area contributed by atoms with Crippen LogP contribution in [0.15, 0.2) is 45.7 Å². The fourth-order valence-corrected chi connectivity index (χ4v) is 2.98. The number of hydrogen-bond acceptors (Lipinski definition) is 6. The average molecular weight is 376 g/mol. The quantitative estimate of drug-likeness (QED) is 0.679. The van der Waals surface area contributed by atoms with Crippen LogP contribution in [0.1, 0.15) is 29.4 Å². The van der Waals surface area contributed by atoms with E-state index in [0.717, 1.165) is 31.3 Å². The second-order valence-electron chi connectivity index (χ2n) is 6.03. The standard InChI is InChI=1S/C17H17N5O3.ClH/c23-16-4-1-11-9-12(2-3-15(11)25-16)19-17(24)14-10-22(21-20-14)13-5-7-18-8-6-13;/h1-4,9-10,13,18H,5-8H2,(H,19,24);1H. The highest BCUT2D eigenvalue weighted by Gasteiger charge is 2.18. The molecule has 2 N–H and O–H groups in total. The monoisotopic (exact) mass is 375 g/mol. The minimum atomic E-state index is -0.404. The van der Waals surface area contributed by atoms with Gasteiger partial charge in [0.2, 0.25) is 0 Å². The molecule has 1 saturated heterocycles. The molecule has 0 saturated carbocycles. The Bertz CT molecular complexity index is 978. The van der Waals surface area contributed by atoms with E-state index in [1.807, 2.05) is 0 Å². The first-order chi connectivity index (χ1) is 12.2. The summed E-state index contributed by atoms with van der Waals surface area (Å²) in [4.78, 5) is 23.6. The third-order valence-corrected chi connectivity index (χ3v) is 4.30. The van der Waals surface area contributed by atoms with Gasteiger partial charge in [-0.2, -0.15) is 0 Å². The van der Waals surface area contributed by atoms with Gasteiger partial charge >= 0.3 is 5.63 Å². The second kappa shape index (κ2) is 7.67. The maximum atomic E-state index is 12.4. The highest BCUT2D eigenvalue weighted by atomic mass is 35.5. The van der Waals surface area contributed by atoms with E-state index < -0.39 is 5.63 Å². The van der Waals surface area contributed by atoms with Gasteiger partial charge in [0.05, 0.1) is 12.2 Å². The number of amides is 1. The van der Waals surface area contributed by atoms with Crippen LogP contribution in [-0.2, 0) is 0 Å². The molecule has 0 bridgehead atoms. The second-order valence-corrected chi connectivity index (χ2v) is 6.03. The Morgan fingerprint density at radius 2 is 2.04 bits per heavy atom. The summed E-state index contributed by atoms with van der Waals surface area (Å²) in [6.45, 7) is 1.89. The lowest BCUT2D eigenvalue weighted by molar-refractivity contribution is 0.102. The fraction of sp³-hybridized carbons (Fsp3) is 0.294. The number of piperidine rings is 1. The molecule has 0 unspecified atom stereocenters. The number of benzene rings is 1. The van der Waals surface area contributed by atoms with E-state index >= 15 is 0 Å². The number of fused-ring (bicyclic) bond motifs is 1. The van der Waals surface area contributed by atoms with Gasteiger partial charge in [-0.05, 0) is 50.2 Å². The molecule has 26 heavy (non-hydrogen) atoms. The molecule has 8 nitrogen and oxygen atoms in total. The molecule has 3 heterocycles. The minimum Gasteiger partial charge on any atom is -0.423 e. The molecular weight excluding hydrogens is 358 g/mol. The van der Waals surface area contributed by atoms with E-state index in [9.17, 15) is 9.59 Å². The number of halogens is 1. The fourth-order valence-electron chi connectivity index (χ4n) is 2.98. The number of rotatable bonds is 3. The van der Waals surface area contributed by atoms with Gasteiger partial charge in [0, 0.05) is 17.1 Å². The molecule has 2 aromatic heterocycles. The maximum absolute atomic E-state index is 12.4. The van der Waals surface area contributed by atoms with Crippen LogP contribution in [0.3, 0.4) is 0 Å². The molecule has 0 spiro atoms. The van der Waals surface area contributed by atoms with E-state index in [4.69, 9.17) is 4.42 Å². The van der Waals surface area contributed by atoms with Gasteiger partial charge in [-0.25, -0.2) is 9.48 Å². The molecule has 0 aliphatic carbocycles. The highest BCUT2D eigenvalue weighted by molar-refractivity contribution is 6.03. The summed E-state index contributed by atoms with van der Waals surface area (Å²) in [5, 5.41) is 14.9. The van der Waals surface area contributed by atoms with Crippen LogP contribution in [0.4, 0.5) is 5.69 Å². The Kier molecular flexibility index (Phi) is 5.34. The summed E-state index contributed by atoms with van der Waals surface area (Å²) in [7, 11) is 0. The van der Waals surface area contributed by atoms with Gasteiger partial charge in [0.25, 0.3) is 5.91 Å². The van der Waals surface area contributed by atoms with E-state index in [1.165, 1.54) is 6.07 Å². The number of carbonyl (C=O) groups is 1. The molecule has 3 aromatic rings. The molecule has 1 amide bonds. The predicted molar refractivity (Wildman–Crippen MR) is 98.8 cm³/mol. The number of aromatic nitrogens is 3. The summed E-state index contributed by atoms with van der Waals surface area (Å²) in [6.07, 6.45) is 3.63. The summed E-state index contributed by atoms with van der Waals surface area (Å²) < 4.78 is 6.85. The SMILES string of the molecule is Cl.O=C(Nc1ccc2oc(=O)ccc2c1)c1cn(C2CCNCC2)nn1. The Labute approximate surface area is 155 Å². The van der Waals surface area contributed by atoms with Gasteiger partial charge in [-0.3, -0.25) is 4.79 Å². The van der Waals surface area contributed by atoms with Crippen molar-refractivity contribution in [3.63, 3.8) is 0 Å². The van der Waals surface area contributed by atoms with Crippen molar-refractivity contribution in [3.05, 3.63) is 52.6 Å². The van der Waals surface area contributed by atoms with Crippen molar-refractivity contribution in [2.75, 3.05) is 18.4 Å². The van der Waals surface area contributed by atoms with Crippen molar-refractivity contribution in [2.45, 2.75) is 18.9 Å². The van der Waals surface area contributed by atoms with E-state index in [-0.39, 0.29) is 30.0 Å². The van der Waals surface area contributed by atoms with Crippen LogP contribution >= 0.6 is 12.4 Å². The summed E-state index contributed by atoms with van der Waals surface area (Å²) >= 11 is 0. The van der Waals surface area contributed by atoms with Crippen LogP contribution in [0.5, 0.6) is 0 Å². The number of nitrogens with zero attached hydrogens (tertiary/aromatic N) is 3. The molecule has 1 aliphatic heterocycles.